The number of nitrogens with zero attached hydrogens (tertiary/aromatic N) is 1. The lowest BCUT2D eigenvalue weighted by molar-refractivity contribution is -0.133. The van der Waals surface area contributed by atoms with Gasteiger partial charge in [-0.15, -0.1) is 0 Å². The first-order valence-electron chi connectivity index (χ1n) is 10.2. The van der Waals surface area contributed by atoms with Gasteiger partial charge in [-0.2, -0.15) is 0 Å². The van der Waals surface area contributed by atoms with Crippen LogP contribution in [0.3, 0.4) is 0 Å². The number of Topliss-reactive ketones (excluding diaryl/α,β-unsaturated/α-hetero) is 2. The summed E-state index contributed by atoms with van der Waals surface area (Å²) in [6.07, 6.45) is 1.28. The third-order valence-electron chi connectivity index (χ3n) is 5.85. The number of hydrogen-bond acceptors (Lipinski definition) is 5. The number of fused-ring (bicyclic) bond motifs is 2. The Balaban J connectivity index is 1.29. The number of para-hydroxylation sites is 1. The molecule has 6 nitrogen and oxygen atoms in total. The molecule has 1 amide bonds. The second kappa shape index (κ2) is 7.44. The maximum absolute atomic E-state index is 12.9. The molecule has 0 bridgehead atoms. The molecule has 1 unspecified atom stereocenters. The molecule has 1 saturated carbocycles. The maximum atomic E-state index is 12.9. The average Bonchev–Trinajstić information content (AvgIpc) is 3.30. The SMILES string of the molecule is O=C1CCC(N2Cc3c(OCCc4cc5ccccc5o4)cccc3C2=O)C(=O)C1. The van der Waals surface area contributed by atoms with Crippen molar-refractivity contribution in [1.29, 1.82) is 0 Å². The molecule has 2 aliphatic rings. The molecule has 2 aromatic carbocycles. The number of amides is 1. The first-order chi connectivity index (χ1) is 14.6. The Kier molecular flexibility index (Phi) is 4.62. The summed E-state index contributed by atoms with van der Waals surface area (Å²) in [4.78, 5) is 38.3. The van der Waals surface area contributed by atoms with Gasteiger partial charge in [-0.1, -0.05) is 24.3 Å². The lowest BCUT2D eigenvalue weighted by Gasteiger charge is -2.29. The van der Waals surface area contributed by atoms with Crippen molar-refractivity contribution < 1.29 is 23.5 Å². The predicted molar refractivity (Wildman–Crippen MR) is 109 cm³/mol. The van der Waals surface area contributed by atoms with Crippen molar-refractivity contribution in [2.45, 2.75) is 38.3 Å². The molecular weight excluding hydrogens is 382 g/mol. The van der Waals surface area contributed by atoms with Crippen LogP contribution in [0.2, 0.25) is 0 Å². The molecule has 1 atom stereocenters. The van der Waals surface area contributed by atoms with E-state index < -0.39 is 6.04 Å². The zero-order valence-electron chi connectivity index (χ0n) is 16.4. The van der Waals surface area contributed by atoms with Crippen LogP contribution in [0.15, 0.2) is 52.9 Å². The molecule has 5 rings (SSSR count). The zero-order chi connectivity index (χ0) is 20.7. The molecule has 0 spiro atoms. The van der Waals surface area contributed by atoms with Crippen LogP contribution in [0.4, 0.5) is 0 Å². The quantitative estimate of drug-likeness (QED) is 0.607. The summed E-state index contributed by atoms with van der Waals surface area (Å²) in [6.45, 7) is 0.751. The second-order valence-electron chi connectivity index (χ2n) is 7.80. The molecule has 2 heterocycles. The molecular formula is C24H21NO5. The summed E-state index contributed by atoms with van der Waals surface area (Å²) in [5.74, 6) is 1.12. The fourth-order valence-corrected chi connectivity index (χ4v) is 4.32. The Morgan fingerprint density at radius 3 is 2.77 bits per heavy atom. The molecule has 6 heteroatoms. The molecule has 3 aromatic rings. The van der Waals surface area contributed by atoms with Gasteiger partial charge in [-0.25, -0.2) is 0 Å². The number of ether oxygens (including phenoxy) is 1. The van der Waals surface area contributed by atoms with Crippen LogP contribution >= 0.6 is 0 Å². The highest BCUT2D eigenvalue weighted by molar-refractivity contribution is 6.07. The first-order valence-corrected chi connectivity index (χ1v) is 10.2. The molecule has 1 aliphatic heterocycles. The van der Waals surface area contributed by atoms with Gasteiger partial charge in [0.15, 0.2) is 5.78 Å². The number of hydrogen-bond donors (Lipinski definition) is 0. The van der Waals surface area contributed by atoms with Gasteiger partial charge in [0.1, 0.15) is 22.9 Å². The summed E-state index contributed by atoms with van der Waals surface area (Å²) in [6, 6.07) is 14.8. The highest BCUT2D eigenvalue weighted by Gasteiger charge is 2.39. The Morgan fingerprint density at radius 2 is 1.93 bits per heavy atom. The fourth-order valence-electron chi connectivity index (χ4n) is 4.32. The summed E-state index contributed by atoms with van der Waals surface area (Å²) in [7, 11) is 0. The van der Waals surface area contributed by atoms with E-state index in [1.165, 1.54) is 0 Å². The van der Waals surface area contributed by atoms with Gasteiger partial charge in [-0.3, -0.25) is 14.4 Å². The van der Waals surface area contributed by atoms with Gasteiger partial charge in [0, 0.05) is 29.4 Å². The van der Waals surface area contributed by atoms with Crippen molar-refractivity contribution in [3.05, 3.63) is 65.4 Å². The minimum atomic E-state index is -0.522. The van der Waals surface area contributed by atoms with Crippen LogP contribution in [-0.4, -0.2) is 35.0 Å². The largest absolute Gasteiger partial charge is 0.493 e. The molecule has 152 valence electrons. The van der Waals surface area contributed by atoms with Crippen molar-refractivity contribution in [2.75, 3.05) is 6.61 Å². The van der Waals surface area contributed by atoms with Gasteiger partial charge in [0.05, 0.1) is 25.6 Å². The van der Waals surface area contributed by atoms with Crippen LogP contribution in [0, 0.1) is 0 Å². The van der Waals surface area contributed by atoms with E-state index in [2.05, 4.69) is 0 Å². The van der Waals surface area contributed by atoms with E-state index in [-0.39, 0.29) is 23.9 Å². The standard InChI is InChI=1S/C24H21NO5/c26-16-8-9-20(21(27)13-16)25-14-19-18(24(25)28)5-3-7-23(19)29-11-10-17-12-15-4-1-2-6-22(15)30-17/h1-7,12,20H,8-11,13-14H2. The summed E-state index contributed by atoms with van der Waals surface area (Å²) >= 11 is 0. The van der Waals surface area contributed by atoms with Crippen molar-refractivity contribution in [1.82, 2.24) is 4.90 Å². The van der Waals surface area contributed by atoms with Gasteiger partial charge in [-0.05, 0) is 30.7 Å². The number of carbonyl (C=O) groups excluding carboxylic acids is 3. The van der Waals surface area contributed by atoms with Crippen LogP contribution in [0.5, 0.6) is 5.75 Å². The predicted octanol–water partition coefficient (Wildman–Crippen LogP) is 3.70. The normalized spacial score (nSPS) is 18.9. The van der Waals surface area contributed by atoms with Gasteiger partial charge in [0.2, 0.25) is 0 Å². The third-order valence-corrected chi connectivity index (χ3v) is 5.85. The molecule has 30 heavy (non-hydrogen) atoms. The number of furan rings is 1. The maximum Gasteiger partial charge on any atom is 0.255 e. The molecule has 1 aliphatic carbocycles. The van der Waals surface area contributed by atoms with Gasteiger partial charge >= 0.3 is 0 Å². The fraction of sp³-hybridized carbons (Fsp3) is 0.292. The van der Waals surface area contributed by atoms with E-state index >= 15 is 0 Å². The lowest BCUT2D eigenvalue weighted by Crippen LogP contribution is -2.44. The van der Waals surface area contributed by atoms with Crippen LogP contribution in [-0.2, 0) is 22.6 Å². The second-order valence-corrected chi connectivity index (χ2v) is 7.80. The van der Waals surface area contributed by atoms with Crippen LogP contribution < -0.4 is 4.74 Å². The zero-order valence-corrected chi connectivity index (χ0v) is 16.4. The summed E-state index contributed by atoms with van der Waals surface area (Å²) < 4.78 is 11.8. The smallest absolute Gasteiger partial charge is 0.255 e. The molecule has 1 fully saturated rings. The summed E-state index contributed by atoms with van der Waals surface area (Å²) in [5.41, 5.74) is 2.22. The van der Waals surface area contributed by atoms with Crippen molar-refractivity contribution in [2.24, 2.45) is 0 Å². The average molecular weight is 403 g/mol. The van der Waals surface area contributed by atoms with E-state index in [0.717, 1.165) is 22.3 Å². The molecule has 0 N–H and O–H groups in total. The topological polar surface area (TPSA) is 76.8 Å². The minimum Gasteiger partial charge on any atom is -0.493 e. The van der Waals surface area contributed by atoms with E-state index in [0.29, 0.717) is 43.7 Å². The molecule has 1 aromatic heterocycles. The highest BCUT2D eigenvalue weighted by atomic mass is 16.5. The molecule has 0 saturated heterocycles. The molecule has 0 radical (unpaired) electrons. The summed E-state index contributed by atoms with van der Waals surface area (Å²) in [5, 5.41) is 1.06. The lowest BCUT2D eigenvalue weighted by atomic mass is 9.92. The highest BCUT2D eigenvalue weighted by Crippen LogP contribution is 2.34. The minimum absolute atomic E-state index is 0.0463. The Bertz CT molecular complexity index is 1130. The Morgan fingerprint density at radius 1 is 1.07 bits per heavy atom. The van der Waals surface area contributed by atoms with E-state index in [1.807, 2.05) is 36.4 Å². The van der Waals surface area contributed by atoms with Crippen LogP contribution in [0.1, 0.15) is 40.9 Å². The number of ketones is 2. The van der Waals surface area contributed by atoms with Crippen molar-refractivity contribution in [3.8, 4) is 5.75 Å². The van der Waals surface area contributed by atoms with E-state index in [4.69, 9.17) is 9.15 Å². The Hall–Kier alpha value is -3.41. The first kappa shape index (κ1) is 18.6. The monoisotopic (exact) mass is 403 g/mol. The number of carbonyl (C=O) groups is 3. The Labute approximate surface area is 173 Å². The van der Waals surface area contributed by atoms with Gasteiger partial charge < -0.3 is 14.1 Å². The van der Waals surface area contributed by atoms with Crippen molar-refractivity contribution >= 4 is 28.4 Å². The van der Waals surface area contributed by atoms with Gasteiger partial charge in [0.25, 0.3) is 5.91 Å². The number of benzene rings is 2. The number of rotatable bonds is 5. The van der Waals surface area contributed by atoms with E-state index in [9.17, 15) is 14.4 Å². The third kappa shape index (κ3) is 3.28. The van der Waals surface area contributed by atoms with Crippen molar-refractivity contribution in [3.63, 3.8) is 0 Å². The van der Waals surface area contributed by atoms with E-state index in [1.54, 1.807) is 17.0 Å². The van der Waals surface area contributed by atoms with Crippen LogP contribution in [0.25, 0.3) is 11.0 Å².